The maximum Gasteiger partial charge on any atom is 0.225 e. The highest BCUT2D eigenvalue weighted by molar-refractivity contribution is 5.60. The molecule has 0 aliphatic carbocycles. The third kappa shape index (κ3) is 2.82. The summed E-state index contributed by atoms with van der Waals surface area (Å²) in [6, 6.07) is 1.98. The van der Waals surface area contributed by atoms with Gasteiger partial charge in [0.2, 0.25) is 5.95 Å². The average molecular weight is 232 g/mol. The minimum Gasteiger partial charge on any atom is -0.396 e. The van der Waals surface area contributed by atoms with Crippen LogP contribution in [0.3, 0.4) is 0 Å². The van der Waals surface area contributed by atoms with Gasteiger partial charge in [-0.2, -0.15) is 0 Å². The number of aromatic nitrogens is 3. The van der Waals surface area contributed by atoms with E-state index in [1.807, 2.05) is 30.4 Å². The summed E-state index contributed by atoms with van der Waals surface area (Å²) in [7, 11) is 1.92. The summed E-state index contributed by atoms with van der Waals surface area (Å²) in [5.41, 5.74) is 2.07. The Kier molecular flexibility index (Phi) is 3.72. The molecule has 0 saturated heterocycles. The number of rotatable bonds is 5. The van der Waals surface area contributed by atoms with E-state index in [-0.39, 0.29) is 6.61 Å². The minimum atomic E-state index is 0.186. The lowest BCUT2D eigenvalue weighted by molar-refractivity contribution is 0.290. The van der Waals surface area contributed by atoms with Gasteiger partial charge in [-0.1, -0.05) is 0 Å². The summed E-state index contributed by atoms with van der Waals surface area (Å²) in [5, 5.41) is 8.76. The van der Waals surface area contributed by atoms with Gasteiger partial charge in [-0.3, -0.25) is 0 Å². The zero-order valence-electron chi connectivity index (χ0n) is 9.80. The van der Waals surface area contributed by atoms with Crippen molar-refractivity contribution in [3.8, 4) is 11.1 Å². The quantitative estimate of drug-likeness (QED) is 0.815. The van der Waals surface area contributed by atoms with Crippen molar-refractivity contribution in [2.75, 3.05) is 25.1 Å². The van der Waals surface area contributed by atoms with Crippen molar-refractivity contribution in [1.82, 2.24) is 15.0 Å². The van der Waals surface area contributed by atoms with Crippen molar-refractivity contribution < 1.29 is 5.11 Å². The van der Waals surface area contributed by atoms with Gasteiger partial charge in [-0.05, 0) is 12.5 Å². The monoisotopic (exact) mass is 232 g/mol. The van der Waals surface area contributed by atoms with Crippen LogP contribution in [-0.4, -0.2) is 40.3 Å². The molecular weight excluding hydrogens is 216 g/mol. The average Bonchev–Trinajstić information content (AvgIpc) is 2.90. The van der Waals surface area contributed by atoms with Gasteiger partial charge in [0.1, 0.15) is 0 Å². The Morgan fingerprint density at radius 1 is 1.29 bits per heavy atom. The SMILES string of the molecule is CN(CCCO)c1ncc(-c2cc[nH]c2)cn1. The van der Waals surface area contributed by atoms with Gasteiger partial charge in [0, 0.05) is 56.1 Å². The molecule has 0 unspecified atom stereocenters. The molecule has 0 bridgehead atoms. The Morgan fingerprint density at radius 2 is 2.06 bits per heavy atom. The number of hydrogen-bond donors (Lipinski definition) is 2. The minimum absolute atomic E-state index is 0.186. The third-order valence-electron chi connectivity index (χ3n) is 2.56. The number of H-pyrrole nitrogens is 1. The molecule has 17 heavy (non-hydrogen) atoms. The molecule has 0 aliphatic heterocycles. The van der Waals surface area contributed by atoms with Crippen LogP contribution in [0, 0.1) is 0 Å². The molecule has 0 aliphatic rings. The lowest BCUT2D eigenvalue weighted by atomic mass is 10.2. The molecule has 0 aromatic carbocycles. The number of aliphatic hydroxyl groups excluding tert-OH is 1. The van der Waals surface area contributed by atoms with E-state index in [0.29, 0.717) is 5.95 Å². The molecule has 0 saturated carbocycles. The van der Waals surface area contributed by atoms with Crippen molar-refractivity contribution in [3.63, 3.8) is 0 Å². The van der Waals surface area contributed by atoms with Crippen LogP contribution in [0.25, 0.3) is 11.1 Å². The summed E-state index contributed by atoms with van der Waals surface area (Å²) in [6.07, 6.45) is 8.12. The smallest absolute Gasteiger partial charge is 0.225 e. The van der Waals surface area contributed by atoms with Crippen LogP contribution in [0.2, 0.25) is 0 Å². The van der Waals surface area contributed by atoms with Crippen LogP contribution >= 0.6 is 0 Å². The number of aromatic amines is 1. The Balaban J connectivity index is 2.08. The van der Waals surface area contributed by atoms with Gasteiger partial charge in [0.15, 0.2) is 0 Å². The molecule has 5 heteroatoms. The summed E-state index contributed by atoms with van der Waals surface area (Å²) in [5.74, 6) is 0.678. The maximum absolute atomic E-state index is 8.76. The number of aliphatic hydroxyl groups is 1. The lowest BCUT2D eigenvalue weighted by Gasteiger charge is -2.15. The van der Waals surface area contributed by atoms with E-state index in [0.717, 1.165) is 24.1 Å². The second-order valence-electron chi connectivity index (χ2n) is 3.87. The highest BCUT2D eigenvalue weighted by Crippen LogP contribution is 2.17. The molecule has 0 fully saturated rings. The molecule has 2 aromatic heterocycles. The zero-order valence-corrected chi connectivity index (χ0v) is 9.80. The van der Waals surface area contributed by atoms with E-state index in [1.54, 1.807) is 12.4 Å². The van der Waals surface area contributed by atoms with Crippen molar-refractivity contribution in [1.29, 1.82) is 0 Å². The van der Waals surface area contributed by atoms with Gasteiger partial charge >= 0.3 is 0 Å². The Labute approximate surface area is 100 Å². The van der Waals surface area contributed by atoms with E-state index < -0.39 is 0 Å². The van der Waals surface area contributed by atoms with Gasteiger partial charge < -0.3 is 15.0 Å². The third-order valence-corrected chi connectivity index (χ3v) is 2.56. The lowest BCUT2D eigenvalue weighted by Crippen LogP contribution is -2.21. The Bertz CT molecular complexity index is 438. The number of nitrogens with zero attached hydrogens (tertiary/aromatic N) is 3. The normalized spacial score (nSPS) is 10.5. The van der Waals surface area contributed by atoms with Crippen LogP contribution in [0.5, 0.6) is 0 Å². The topological polar surface area (TPSA) is 65.0 Å². The molecule has 90 valence electrons. The van der Waals surface area contributed by atoms with Crippen molar-refractivity contribution in [2.45, 2.75) is 6.42 Å². The second kappa shape index (κ2) is 5.45. The van der Waals surface area contributed by atoms with E-state index >= 15 is 0 Å². The van der Waals surface area contributed by atoms with E-state index in [9.17, 15) is 0 Å². The molecule has 0 amide bonds. The van der Waals surface area contributed by atoms with Crippen LogP contribution in [0.15, 0.2) is 30.9 Å². The van der Waals surface area contributed by atoms with Gasteiger partial charge in [0.05, 0.1) is 0 Å². The summed E-state index contributed by atoms with van der Waals surface area (Å²) >= 11 is 0. The molecule has 5 nitrogen and oxygen atoms in total. The fourth-order valence-corrected chi connectivity index (χ4v) is 1.58. The highest BCUT2D eigenvalue weighted by Gasteiger charge is 2.04. The van der Waals surface area contributed by atoms with Crippen LogP contribution in [0.1, 0.15) is 6.42 Å². The molecule has 0 radical (unpaired) electrons. The number of hydrogen-bond acceptors (Lipinski definition) is 4. The second-order valence-corrected chi connectivity index (χ2v) is 3.87. The Morgan fingerprint density at radius 3 is 2.65 bits per heavy atom. The first-order valence-electron chi connectivity index (χ1n) is 5.58. The number of nitrogens with one attached hydrogen (secondary N) is 1. The predicted octanol–water partition coefficient (Wildman–Crippen LogP) is 1.29. The first-order chi connectivity index (χ1) is 8.31. The first kappa shape index (κ1) is 11.6. The van der Waals surface area contributed by atoms with Crippen LogP contribution in [0.4, 0.5) is 5.95 Å². The van der Waals surface area contributed by atoms with Gasteiger partial charge in [0.25, 0.3) is 0 Å². The molecule has 2 heterocycles. The van der Waals surface area contributed by atoms with E-state index in [4.69, 9.17) is 5.11 Å². The summed E-state index contributed by atoms with van der Waals surface area (Å²) in [4.78, 5) is 13.5. The molecule has 2 rings (SSSR count). The van der Waals surface area contributed by atoms with Crippen molar-refractivity contribution in [3.05, 3.63) is 30.9 Å². The molecule has 2 N–H and O–H groups in total. The predicted molar refractivity (Wildman–Crippen MR) is 66.8 cm³/mol. The van der Waals surface area contributed by atoms with E-state index in [2.05, 4.69) is 15.0 Å². The fraction of sp³-hybridized carbons (Fsp3) is 0.333. The maximum atomic E-state index is 8.76. The molecular formula is C12H16N4O. The van der Waals surface area contributed by atoms with Gasteiger partial charge in [-0.15, -0.1) is 0 Å². The zero-order chi connectivity index (χ0) is 12.1. The standard InChI is InChI=1S/C12H16N4O/c1-16(5-2-6-17)12-14-8-11(9-15-12)10-3-4-13-7-10/h3-4,7-9,13,17H,2,5-6H2,1H3. The molecule has 0 spiro atoms. The molecule has 2 aromatic rings. The van der Waals surface area contributed by atoms with Crippen LogP contribution in [-0.2, 0) is 0 Å². The van der Waals surface area contributed by atoms with Gasteiger partial charge in [-0.25, -0.2) is 9.97 Å². The summed E-state index contributed by atoms with van der Waals surface area (Å²) in [6.45, 7) is 0.936. The van der Waals surface area contributed by atoms with Crippen molar-refractivity contribution in [2.24, 2.45) is 0 Å². The molecule has 0 atom stereocenters. The first-order valence-corrected chi connectivity index (χ1v) is 5.58. The highest BCUT2D eigenvalue weighted by atomic mass is 16.3. The Hall–Kier alpha value is -1.88. The largest absolute Gasteiger partial charge is 0.396 e. The summed E-state index contributed by atoms with van der Waals surface area (Å²) < 4.78 is 0. The van der Waals surface area contributed by atoms with E-state index in [1.165, 1.54) is 0 Å². The fourth-order valence-electron chi connectivity index (χ4n) is 1.58. The number of anilines is 1. The van der Waals surface area contributed by atoms with Crippen LogP contribution < -0.4 is 4.90 Å². The van der Waals surface area contributed by atoms with Crippen molar-refractivity contribution >= 4 is 5.95 Å².